The number of anilines is 2. The predicted octanol–water partition coefficient (Wildman–Crippen LogP) is 2.35. The van der Waals surface area contributed by atoms with Crippen LogP contribution in [0.15, 0.2) is 12.1 Å². The maximum Gasteiger partial charge on any atom is 0.221 e. The number of nitrogens with one attached hydrogen (secondary N) is 1. The van der Waals surface area contributed by atoms with E-state index in [0.29, 0.717) is 5.69 Å². The number of hydrogen-bond donors (Lipinski definition) is 2. The Morgan fingerprint density at radius 1 is 1.33 bits per heavy atom. The maximum absolute atomic E-state index is 11.0. The fourth-order valence-electron chi connectivity index (χ4n) is 1.79. The SMILES string of the molecule is CCc1cc(N)cc(NC(C)=O)c1CC. The molecule has 1 rings (SSSR count). The lowest BCUT2D eigenvalue weighted by Gasteiger charge is -2.14. The summed E-state index contributed by atoms with van der Waals surface area (Å²) in [5.74, 6) is -0.0580. The topological polar surface area (TPSA) is 55.1 Å². The summed E-state index contributed by atoms with van der Waals surface area (Å²) in [5.41, 5.74) is 9.73. The van der Waals surface area contributed by atoms with Gasteiger partial charge in [0.05, 0.1) is 0 Å². The number of carbonyl (C=O) groups is 1. The summed E-state index contributed by atoms with van der Waals surface area (Å²) < 4.78 is 0. The van der Waals surface area contributed by atoms with Gasteiger partial charge in [-0.2, -0.15) is 0 Å². The van der Waals surface area contributed by atoms with Gasteiger partial charge in [0.25, 0.3) is 0 Å². The largest absolute Gasteiger partial charge is 0.399 e. The van der Waals surface area contributed by atoms with E-state index in [9.17, 15) is 4.79 Å². The molecule has 3 nitrogen and oxygen atoms in total. The molecule has 1 aromatic carbocycles. The Morgan fingerprint density at radius 2 is 2.00 bits per heavy atom. The van der Waals surface area contributed by atoms with Crippen molar-refractivity contribution in [3.8, 4) is 0 Å². The monoisotopic (exact) mass is 206 g/mol. The van der Waals surface area contributed by atoms with Crippen LogP contribution in [-0.2, 0) is 17.6 Å². The third-order valence-electron chi connectivity index (χ3n) is 2.41. The average molecular weight is 206 g/mol. The Kier molecular flexibility index (Phi) is 3.72. The van der Waals surface area contributed by atoms with Gasteiger partial charge < -0.3 is 11.1 Å². The normalized spacial score (nSPS) is 10.1. The van der Waals surface area contributed by atoms with Gasteiger partial charge in [-0.15, -0.1) is 0 Å². The van der Waals surface area contributed by atoms with Crippen LogP contribution in [0.5, 0.6) is 0 Å². The van der Waals surface area contributed by atoms with E-state index >= 15 is 0 Å². The fraction of sp³-hybridized carbons (Fsp3) is 0.417. The molecule has 0 bridgehead atoms. The van der Waals surface area contributed by atoms with Crippen LogP contribution in [0, 0.1) is 0 Å². The minimum absolute atomic E-state index is 0.0580. The zero-order chi connectivity index (χ0) is 11.4. The molecular formula is C12H18N2O. The first-order valence-electron chi connectivity index (χ1n) is 5.27. The van der Waals surface area contributed by atoms with Gasteiger partial charge in [-0.1, -0.05) is 13.8 Å². The molecule has 0 aromatic heterocycles. The second-order valence-electron chi connectivity index (χ2n) is 3.59. The van der Waals surface area contributed by atoms with E-state index in [0.717, 1.165) is 18.5 Å². The average Bonchev–Trinajstić information content (AvgIpc) is 2.15. The standard InChI is InChI=1S/C12H18N2O/c1-4-9-6-10(13)7-12(11(9)5-2)14-8(3)15/h6-7H,4-5,13H2,1-3H3,(H,14,15). The molecular weight excluding hydrogens is 188 g/mol. The lowest BCUT2D eigenvalue weighted by molar-refractivity contribution is -0.114. The number of carbonyl (C=O) groups excluding carboxylic acids is 1. The van der Waals surface area contributed by atoms with Crippen molar-refractivity contribution >= 4 is 17.3 Å². The first-order valence-corrected chi connectivity index (χ1v) is 5.27. The van der Waals surface area contributed by atoms with Gasteiger partial charge in [0.15, 0.2) is 0 Å². The Bertz CT molecular complexity index is 372. The number of nitrogens with two attached hydrogens (primary N) is 1. The molecule has 0 unspecified atom stereocenters. The highest BCUT2D eigenvalue weighted by atomic mass is 16.1. The highest BCUT2D eigenvalue weighted by molar-refractivity contribution is 5.90. The molecule has 0 aliphatic rings. The molecule has 3 N–H and O–H groups in total. The molecule has 0 aliphatic carbocycles. The molecule has 82 valence electrons. The van der Waals surface area contributed by atoms with Crippen molar-refractivity contribution in [2.75, 3.05) is 11.1 Å². The summed E-state index contributed by atoms with van der Waals surface area (Å²) in [4.78, 5) is 11.0. The minimum atomic E-state index is -0.0580. The van der Waals surface area contributed by atoms with Gasteiger partial charge in [0.2, 0.25) is 5.91 Å². The lowest BCUT2D eigenvalue weighted by atomic mass is 10.00. The first-order chi connectivity index (χ1) is 7.08. The van der Waals surface area contributed by atoms with Gasteiger partial charge in [0.1, 0.15) is 0 Å². The Labute approximate surface area is 90.7 Å². The molecule has 0 saturated heterocycles. The highest BCUT2D eigenvalue weighted by Gasteiger charge is 2.08. The molecule has 3 heteroatoms. The van der Waals surface area contributed by atoms with Gasteiger partial charge >= 0.3 is 0 Å². The molecule has 1 amide bonds. The van der Waals surface area contributed by atoms with Crippen LogP contribution in [0.2, 0.25) is 0 Å². The Hall–Kier alpha value is -1.51. The predicted molar refractivity (Wildman–Crippen MR) is 63.9 cm³/mol. The Morgan fingerprint density at radius 3 is 2.47 bits per heavy atom. The van der Waals surface area contributed by atoms with Crippen LogP contribution >= 0.6 is 0 Å². The molecule has 0 atom stereocenters. The lowest BCUT2D eigenvalue weighted by Crippen LogP contribution is -2.10. The summed E-state index contributed by atoms with van der Waals surface area (Å²) in [6.07, 6.45) is 1.83. The number of nitrogen functional groups attached to an aromatic ring is 1. The minimum Gasteiger partial charge on any atom is -0.399 e. The van der Waals surface area contributed by atoms with Crippen molar-refractivity contribution in [2.24, 2.45) is 0 Å². The summed E-state index contributed by atoms with van der Waals surface area (Å²) in [5, 5.41) is 2.82. The highest BCUT2D eigenvalue weighted by Crippen LogP contribution is 2.25. The van der Waals surface area contributed by atoms with E-state index in [4.69, 9.17) is 5.73 Å². The van der Waals surface area contributed by atoms with Crippen LogP contribution in [0.25, 0.3) is 0 Å². The quantitative estimate of drug-likeness (QED) is 0.746. The molecule has 0 fully saturated rings. The van der Waals surface area contributed by atoms with Crippen LogP contribution in [0.1, 0.15) is 31.9 Å². The summed E-state index contributed by atoms with van der Waals surface area (Å²) in [7, 11) is 0. The van der Waals surface area contributed by atoms with Crippen molar-refractivity contribution in [3.05, 3.63) is 23.3 Å². The van der Waals surface area contributed by atoms with Crippen LogP contribution in [0.4, 0.5) is 11.4 Å². The number of amides is 1. The number of aryl methyl sites for hydroxylation is 1. The fourth-order valence-corrected chi connectivity index (χ4v) is 1.79. The van der Waals surface area contributed by atoms with Crippen LogP contribution in [0.3, 0.4) is 0 Å². The maximum atomic E-state index is 11.0. The van der Waals surface area contributed by atoms with Crippen molar-refractivity contribution in [1.82, 2.24) is 0 Å². The molecule has 0 heterocycles. The first kappa shape index (κ1) is 11.6. The molecule has 0 saturated carbocycles. The van der Waals surface area contributed by atoms with Crippen molar-refractivity contribution < 1.29 is 4.79 Å². The third-order valence-corrected chi connectivity index (χ3v) is 2.41. The summed E-state index contributed by atoms with van der Waals surface area (Å²) >= 11 is 0. The molecule has 15 heavy (non-hydrogen) atoms. The second kappa shape index (κ2) is 4.82. The van der Waals surface area contributed by atoms with Crippen molar-refractivity contribution in [2.45, 2.75) is 33.6 Å². The van der Waals surface area contributed by atoms with E-state index in [1.54, 1.807) is 0 Å². The van der Waals surface area contributed by atoms with Crippen LogP contribution < -0.4 is 11.1 Å². The molecule has 1 aromatic rings. The van der Waals surface area contributed by atoms with E-state index in [-0.39, 0.29) is 5.91 Å². The van der Waals surface area contributed by atoms with E-state index in [1.165, 1.54) is 18.1 Å². The summed E-state index contributed by atoms with van der Waals surface area (Å²) in [6, 6.07) is 3.80. The zero-order valence-corrected chi connectivity index (χ0v) is 9.55. The number of benzene rings is 1. The van der Waals surface area contributed by atoms with Gasteiger partial charge in [-0.25, -0.2) is 0 Å². The Balaban J connectivity index is 3.22. The smallest absolute Gasteiger partial charge is 0.221 e. The number of rotatable bonds is 3. The van der Waals surface area contributed by atoms with E-state index in [2.05, 4.69) is 19.2 Å². The molecule has 0 spiro atoms. The van der Waals surface area contributed by atoms with Crippen molar-refractivity contribution in [3.63, 3.8) is 0 Å². The van der Waals surface area contributed by atoms with Gasteiger partial charge in [0, 0.05) is 18.3 Å². The summed E-state index contributed by atoms with van der Waals surface area (Å²) in [6.45, 7) is 5.68. The second-order valence-corrected chi connectivity index (χ2v) is 3.59. The molecule has 0 aliphatic heterocycles. The third kappa shape index (κ3) is 2.72. The van der Waals surface area contributed by atoms with Crippen LogP contribution in [-0.4, -0.2) is 5.91 Å². The van der Waals surface area contributed by atoms with Gasteiger partial charge in [-0.05, 0) is 36.1 Å². The number of hydrogen-bond acceptors (Lipinski definition) is 2. The van der Waals surface area contributed by atoms with Crippen molar-refractivity contribution in [1.29, 1.82) is 0 Å². The zero-order valence-electron chi connectivity index (χ0n) is 9.55. The molecule has 0 radical (unpaired) electrons. The van der Waals surface area contributed by atoms with E-state index in [1.807, 2.05) is 12.1 Å². The van der Waals surface area contributed by atoms with Gasteiger partial charge in [-0.3, -0.25) is 4.79 Å². The van der Waals surface area contributed by atoms with E-state index < -0.39 is 0 Å².